The van der Waals surface area contributed by atoms with Crippen molar-refractivity contribution in [1.29, 1.82) is 0 Å². The Kier molecular flexibility index (Phi) is 5.61. The van der Waals surface area contributed by atoms with Gasteiger partial charge in [0.25, 0.3) is 0 Å². The topological polar surface area (TPSA) is 65.1 Å². The molecule has 122 valence electrons. The molecule has 1 heterocycles. The number of hydrogen-bond donors (Lipinski definition) is 0. The summed E-state index contributed by atoms with van der Waals surface area (Å²) in [6, 6.07) is 0. The number of carbonyl (C=O) groups is 2. The predicted octanol–water partition coefficient (Wildman–Crippen LogP) is 2.56. The molecule has 21 heavy (non-hydrogen) atoms. The van der Waals surface area contributed by atoms with E-state index in [1.807, 2.05) is 20.8 Å². The molecule has 0 N–H and O–H groups in total. The highest BCUT2D eigenvalue weighted by Gasteiger charge is 2.45. The molecule has 6 nitrogen and oxygen atoms in total. The third-order valence-corrected chi connectivity index (χ3v) is 3.57. The van der Waals surface area contributed by atoms with Gasteiger partial charge >= 0.3 is 12.1 Å². The fourth-order valence-electron chi connectivity index (χ4n) is 2.45. The third kappa shape index (κ3) is 4.59. The average Bonchev–Trinajstić information content (AvgIpc) is 2.36. The highest BCUT2D eigenvalue weighted by molar-refractivity contribution is 5.74. The van der Waals surface area contributed by atoms with E-state index in [2.05, 4.69) is 0 Å². The van der Waals surface area contributed by atoms with E-state index >= 15 is 0 Å². The fourth-order valence-corrected chi connectivity index (χ4v) is 2.45. The minimum absolute atomic E-state index is 0.232. The van der Waals surface area contributed by atoms with Gasteiger partial charge in [-0.15, -0.1) is 0 Å². The maximum atomic E-state index is 12.3. The van der Waals surface area contributed by atoms with Gasteiger partial charge in [-0.3, -0.25) is 9.69 Å². The first-order chi connectivity index (χ1) is 9.63. The first-order valence-corrected chi connectivity index (χ1v) is 7.35. The minimum atomic E-state index is -0.863. The molecule has 1 rings (SSSR count). The Balaban J connectivity index is 2.81. The van der Waals surface area contributed by atoms with Crippen LogP contribution in [0.25, 0.3) is 0 Å². The molecular formula is C15H27NO5. The zero-order valence-corrected chi connectivity index (χ0v) is 13.9. The second-order valence-corrected chi connectivity index (χ2v) is 6.45. The summed E-state index contributed by atoms with van der Waals surface area (Å²) in [6.07, 6.45) is 0.535. The van der Waals surface area contributed by atoms with Gasteiger partial charge in [0, 0.05) is 20.1 Å². The molecule has 0 aromatic heterocycles. The molecule has 2 unspecified atom stereocenters. The van der Waals surface area contributed by atoms with Crippen molar-refractivity contribution in [2.75, 3.05) is 20.3 Å². The van der Waals surface area contributed by atoms with Gasteiger partial charge in [-0.25, -0.2) is 4.79 Å². The summed E-state index contributed by atoms with van der Waals surface area (Å²) in [5, 5.41) is 0. The molecule has 0 aliphatic carbocycles. The second kappa shape index (κ2) is 6.64. The number of methoxy groups -OCH3 is 1. The van der Waals surface area contributed by atoms with Crippen molar-refractivity contribution in [2.24, 2.45) is 5.92 Å². The lowest BCUT2D eigenvalue weighted by atomic mass is 9.89. The van der Waals surface area contributed by atoms with Gasteiger partial charge in [-0.05, 0) is 41.0 Å². The van der Waals surface area contributed by atoms with Crippen LogP contribution >= 0.6 is 0 Å². The molecule has 0 spiro atoms. The molecule has 2 atom stereocenters. The summed E-state index contributed by atoms with van der Waals surface area (Å²) in [4.78, 5) is 25.7. The molecule has 6 heteroatoms. The number of amides is 1. The maximum absolute atomic E-state index is 12.3. The smallest absolute Gasteiger partial charge is 0.412 e. The molecule has 0 bridgehead atoms. The van der Waals surface area contributed by atoms with Gasteiger partial charge in [0.05, 0.1) is 12.5 Å². The summed E-state index contributed by atoms with van der Waals surface area (Å²) < 4.78 is 16.0. The minimum Gasteiger partial charge on any atom is -0.466 e. The van der Waals surface area contributed by atoms with Crippen molar-refractivity contribution in [2.45, 2.75) is 58.8 Å². The summed E-state index contributed by atoms with van der Waals surface area (Å²) in [7, 11) is 1.53. The number of hydrogen-bond acceptors (Lipinski definition) is 5. The number of esters is 1. The average molecular weight is 301 g/mol. The van der Waals surface area contributed by atoms with Crippen molar-refractivity contribution in [1.82, 2.24) is 4.90 Å². The lowest BCUT2D eigenvalue weighted by Gasteiger charge is -2.45. The summed E-state index contributed by atoms with van der Waals surface area (Å²) >= 11 is 0. The molecule has 1 aliphatic heterocycles. The Morgan fingerprint density at radius 1 is 1.33 bits per heavy atom. The van der Waals surface area contributed by atoms with Crippen LogP contribution in [0.15, 0.2) is 0 Å². The molecule has 0 radical (unpaired) electrons. The summed E-state index contributed by atoms with van der Waals surface area (Å²) in [6.45, 7) is 9.80. The van der Waals surface area contributed by atoms with Crippen molar-refractivity contribution in [3.05, 3.63) is 0 Å². The number of ether oxygens (including phenoxy) is 3. The summed E-state index contributed by atoms with van der Waals surface area (Å²) in [5.74, 6) is -0.488. The van der Waals surface area contributed by atoms with E-state index in [4.69, 9.17) is 14.2 Å². The van der Waals surface area contributed by atoms with Gasteiger partial charge in [0.15, 0.2) is 0 Å². The standard InChI is InChI=1S/C15H27NO5/c1-7-20-12(17)11-8-9-16(15(5,10-11)19-6)13(18)21-14(2,3)4/h11H,7-10H2,1-6H3. The van der Waals surface area contributed by atoms with Crippen LogP contribution in [0.5, 0.6) is 0 Å². The van der Waals surface area contributed by atoms with Crippen molar-refractivity contribution < 1.29 is 23.8 Å². The zero-order chi connectivity index (χ0) is 16.3. The fraction of sp³-hybridized carbons (Fsp3) is 0.867. The van der Waals surface area contributed by atoms with Crippen LogP contribution in [0.2, 0.25) is 0 Å². The van der Waals surface area contributed by atoms with E-state index in [-0.39, 0.29) is 11.9 Å². The Labute approximate surface area is 126 Å². The van der Waals surface area contributed by atoms with Crippen LogP contribution < -0.4 is 0 Å². The Hall–Kier alpha value is -1.30. The molecule has 1 aliphatic rings. The lowest BCUT2D eigenvalue weighted by molar-refractivity contribution is -0.171. The van der Waals surface area contributed by atoms with Gasteiger partial charge in [0.1, 0.15) is 11.3 Å². The van der Waals surface area contributed by atoms with E-state index in [0.717, 1.165) is 0 Å². The van der Waals surface area contributed by atoms with Gasteiger partial charge < -0.3 is 14.2 Å². The monoisotopic (exact) mass is 301 g/mol. The normalized spacial score (nSPS) is 26.4. The van der Waals surface area contributed by atoms with Gasteiger partial charge in [-0.2, -0.15) is 0 Å². The van der Waals surface area contributed by atoms with Crippen LogP contribution in [0.3, 0.4) is 0 Å². The van der Waals surface area contributed by atoms with Crippen molar-refractivity contribution in [3.63, 3.8) is 0 Å². The Morgan fingerprint density at radius 3 is 2.43 bits per heavy atom. The SMILES string of the molecule is CCOC(=O)C1CCN(C(=O)OC(C)(C)C)C(C)(OC)C1. The first kappa shape index (κ1) is 17.8. The molecule has 0 saturated carbocycles. The van der Waals surface area contributed by atoms with Crippen LogP contribution in [0, 0.1) is 5.92 Å². The Morgan fingerprint density at radius 2 is 1.95 bits per heavy atom. The maximum Gasteiger partial charge on any atom is 0.412 e. The van der Waals surface area contributed by atoms with Crippen LogP contribution in [0.1, 0.15) is 47.5 Å². The molecule has 0 aromatic rings. The van der Waals surface area contributed by atoms with E-state index < -0.39 is 17.4 Å². The first-order valence-electron chi connectivity index (χ1n) is 7.35. The predicted molar refractivity (Wildman–Crippen MR) is 77.7 cm³/mol. The molecule has 1 fully saturated rings. The number of piperidine rings is 1. The number of rotatable bonds is 3. The van der Waals surface area contributed by atoms with Gasteiger partial charge in [0.2, 0.25) is 0 Å². The van der Waals surface area contributed by atoms with Crippen molar-refractivity contribution in [3.8, 4) is 0 Å². The third-order valence-electron chi connectivity index (χ3n) is 3.57. The second-order valence-electron chi connectivity index (χ2n) is 6.45. The highest BCUT2D eigenvalue weighted by Crippen LogP contribution is 2.34. The molecular weight excluding hydrogens is 274 g/mol. The Bertz CT molecular complexity index is 390. The largest absolute Gasteiger partial charge is 0.466 e. The van der Waals surface area contributed by atoms with Crippen molar-refractivity contribution >= 4 is 12.1 Å². The number of nitrogens with zero attached hydrogens (tertiary/aromatic N) is 1. The molecule has 0 aromatic carbocycles. The van der Waals surface area contributed by atoms with Gasteiger partial charge in [-0.1, -0.05) is 0 Å². The molecule has 1 amide bonds. The number of carbonyl (C=O) groups excluding carboxylic acids is 2. The number of likely N-dealkylation sites (tertiary alicyclic amines) is 1. The quantitative estimate of drug-likeness (QED) is 0.750. The zero-order valence-electron chi connectivity index (χ0n) is 13.9. The van der Waals surface area contributed by atoms with E-state index in [1.165, 1.54) is 7.11 Å². The summed E-state index contributed by atoms with van der Waals surface area (Å²) in [5.41, 5.74) is -1.43. The van der Waals surface area contributed by atoms with E-state index in [0.29, 0.717) is 26.0 Å². The van der Waals surface area contributed by atoms with E-state index in [9.17, 15) is 9.59 Å². The van der Waals surface area contributed by atoms with Crippen LogP contribution in [-0.2, 0) is 19.0 Å². The highest BCUT2D eigenvalue weighted by atomic mass is 16.6. The lowest BCUT2D eigenvalue weighted by Crippen LogP contribution is -2.57. The van der Waals surface area contributed by atoms with Crippen LogP contribution in [-0.4, -0.2) is 48.5 Å². The van der Waals surface area contributed by atoms with E-state index in [1.54, 1.807) is 18.7 Å². The molecule has 1 saturated heterocycles. The van der Waals surface area contributed by atoms with Crippen LogP contribution in [0.4, 0.5) is 4.79 Å².